The average molecular weight is 506 g/mol. The van der Waals surface area contributed by atoms with Gasteiger partial charge in [-0.25, -0.2) is 0 Å². The number of benzene rings is 2. The van der Waals surface area contributed by atoms with E-state index in [4.69, 9.17) is 11.2 Å². The predicted molar refractivity (Wildman–Crippen MR) is 129 cm³/mol. The van der Waals surface area contributed by atoms with Crippen LogP contribution in [0.2, 0.25) is 0 Å². The lowest BCUT2D eigenvalue weighted by Gasteiger charge is -2.15. The van der Waals surface area contributed by atoms with Crippen molar-refractivity contribution in [3.8, 4) is 18.1 Å². The fraction of sp³-hybridized carbons (Fsp3) is 0.273. The van der Waals surface area contributed by atoms with Crippen LogP contribution in [0.1, 0.15) is 23.6 Å². The van der Waals surface area contributed by atoms with Crippen molar-refractivity contribution < 1.29 is 9.53 Å². The highest BCUT2D eigenvalue weighted by molar-refractivity contribution is 14.0. The van der Waals surface area contributed by atoms with Crippen molar-refractivity contribution in [2.75, 3.05) is 25.5 Å². The fourth-order valence-electron chi connectivity index (χ4n) is 2.55. The standard InChI is InChI=1S/C22H26N4O2.HI/c1-5-17-8-7-9-19(13-17)26-21(27)15-25-22(23-4)24-14-18-11-10-16(3)12-20(18)28-6-2;/h1,7-13H,6,14-15H2,2-4H3,(H,26,27)(H2,23,24,25);1H. The number of carbonyl (C=O) groups excluding carboxylic acids is 1. The van der Waals surface area contributed by atoms with E-state index in [1.54, 1.807) is 31.3 Å². The van der Waals surface area contributed by atoms with E-state index in [0.29, 0.717) is 30.4 Å². The van der Waals surface area contributed by atoms with E-state index in [-0.39, 0.29) is 36.4 Å². The Hall–Kier alpha value is -2.73. The number of aryl methyl sites for hydroxylation is 1. The summed E-state index contributed by atoms with van der Waals surface area (Å²) in [5.74, 6) is 3.72. The number of amides is 1. The maximum Gasteiger partial charge on any atom is 0.243 e. The normalized spacial score (nSPS) is 10.3. The van der Waals surface area contributed by atoms with Gasteiger partial charge >= 0.3 is 0 Å². The van der Waals surface area contributed by atoms with Crippen molar-refractivity contribution >= 4 is 41.5 Å². The fourth-order valence-corrected chi connectivity index (χ4v) is 2.55. The van der Waals surface area contributed by atoms with Crippen LogP contribution >= 0.6 is 24.0 Å². The van der Waals surface area contributed by atoms with E-state index in [0.717, 1.165) is 16.9 Å². The van der Waals surface area contributed by atoms with Gasteiger partial charge in [-0.2, -0.15) is 0 Å². The van der Waals surface area contributed by atoms with Gasteiger partial charge in [0.25, 0.3) is 0 Å². The van der Waals surface area contributed by atoms with Gasteiger partial charge in [-0.1, -0.05) is 24.1 Å². The number of anilines is 1. The molecule has 7 heteroatoms. The highest BCUT2D eigenvalue weighted by Crippen LogP contribution is 2.20. The lowest BCUT2D eigenvalue weighted by Crippen LogP contribution is -2.41. The van der Waals surface area contributed by atoms with E-state index in [1.807, 2.05) is 32.0 Å². The molecule has 0 bridgehead atoms. The number of hydrogen-bond donors (Lipinski definition) is 3. The molecular formula is C22H27IN4O2. The molecule has 0 atom stereocenters. The molecule has 29 heavy (non-hydrogen) atoms. The molecule has 0 aromatic heterocycles. The van der Waals surface area contributed by atoms with Crippen LogP contribution in [0.25, 0.3) is 0 Å². The van der Waals surface area contributed by atoms with Crippen LogP contribution in [0.3, 0.4) is 0 Å². The molecule has 6 nitrogen and oxygen atoms in total. The maximum atomic E-state index is 12.2. The first-order valence-corrected chi connectivity index (χ1v) is 9.09. The highest BCUT2D eigenvalue weighted by Gasteiger charge is 2.07. The summed E-state index contributed by atoms with van der Waals surface area (Å²) in [6.07, 6.45) is 5.38. The lowest BCUT2D eigenvalue weighted by atomic mass is 10.1. The van der Waals surface area contributed by atoms with Crippen molar-refractivity contribution in [1.82, 2.24) is 10.6 Å². The number of aliphatic imine (C=N–C) groups is 1. The summed E-state index contributed by atoms with van der Waals surface area (Å²) in [7, 11) is 1.65. The molecule has 0 saturated heterocycles. The van der Waals surface area contributed by atoms with Gasteiger partial charge in [0, 0.05) is 30.4 Å². The van der Waals surface area contributed by atoms with Gasteiger partial charge in [-0.15, -0.1) is 30.4 Å². The monoisotopic (exact) mass is 506 g/mol. The molecule has 0 aliphatic heterocycles. The molecular weight excluding hydrogens is 479 g/mol. The third-order valence-electron chi connectivity index (χ3n) is 3.92. The average Bonchev–Trinajstić information content (AvgIpc) is 2.69. The van der Waals surface area contributed by atoms with Crippen LogP contribution < -0.4 is 20.7 Å². The summed E-state index contributed by atoms with van der Waals surface area (Å²) in [6.45, 7) is 5.19. The summed E-state index contributed by atoms with van der Waals surface area (Å²) in [5, 5.41) is 8.99. The zero-order valence-electron chi connectivity index (χ0n) is 16.9. The number of ether oxygens (including phenoxy) is 1. The minimum atomic E-state index is -0.192. The lowest BCUT2D eigenvalue weighted by molar-refractivity contribution is -0.115. The van der Waals surface area contributed by atoms with E-state index in [1.165, 1.54) is 0 Å². The molecule has 0 fully saturated rings. The number of carbonyl (C=O) groups is 1. The predicted octanol–water partition coefficient (Wildman–Crippen LogP) is 3.30. The molecule has 0 spiro atoms. The first-order chi connectivity index (χ1) is 13.5. The van der Waals surface area contributed by atoms with E-state index in [9.17, 15) is 4.79 Å². The van der Waals surface area contributed by atoms with E-state index >= 15 is 0 Å². The van der Waals surface area contributed by atoms with Crippen LogP contribution in [0.4, 0.5) is 5.69 Å². The van der Waals surface area contributed by atoms with Crippen LogP contribution in [-0.4, -0.2) is 32.1 Å². The van der Waals surface area contributed by atoms with Gasteiger partial charge in [-0.3, -0.25) is 9.79 Å². The van der Waals surface area contributed by atoms with E-state index < -0.39 is 0 Å². The number of terminal acetylenes is 1. The summed E-state index contributed by atoms with van der Waals surface area (Å²) in [6, 6.07) is 13.2. The Kier molecular flexibility index (Phi) is 10.6. The molecule has 2 aromatic carbocycles. The molecule has 0 aliphatic carbocycles. The van der Waals surface area contributed by atoms with Crippen molar-refractivity contribution in [1.29, 1.82) is 0 Å². The topological polar surface area (TPSA) is 74.8 Å². The highest BCUT2D eigenvalue weighted by atomic mass is 127. The summed E-state index contributed by atoms with van der Waals surface area (Å²) in [5.41, 5.74) is 3.53. The van der Waals surface area contributed by atoms with Crippen molar-refractivity contribution in [2.45, 2.75) is 20.4 Å². The Morgan fingerprint density at radius 1 is 1.21 bits per heavy atom. The molecule has 0 aliphatic rings. The molecule has 0 saturated carbocycles. The molecule has 1 amide bonds. The third-order valence-corrected chi connectivity index (χ3v) is 3.92. The van der Waals surface area contributed by atoms with Crippen molar-refractivity contribution in [3.05, 3.63) is 59.2 Å². The molecule has 0 radical (unpaired) electrons. The molecule has 0 unspecified atom stereocenters. The number of hydrogen-bond acceptors (Lipinski definition) is 3. The van der Waals surface area contributed by atoms with E-state index in [2.05, 4.69) is 26.9 Å². The Morgan fingerprint density at radius 3 is 2.69 bits per heavy atom. The Balaban J connectivity index is 0.00000420. The summed E-state index contributed by atoms with van der Waals surface area (Å²) < 4.78 is 5.69. The SMILES string of the molecule is C#Cc1cccc(NC(=O)CNC(=NC)NCc2ccc(C)cc2OCC)c1.I. The Labute approximate surface area is 189 Å². The van der Waals surface area contributed by atoms with Crippen molar-refractivity contribution in [2.24, 2.45) is 4.99 Å². The number of nitrogens with zero attached hydrogens (tertiary/aromatic N) is 1. The smallest absolute Gasteiger partial charge is 0.243 e. The van der Waals surface area contributed by atoms with Gasteiger partial charge in [0.2, 0.25) is 5.91 Å². The third kappa shape index (κ3) is 8.03. The van der Waals surface area contributed by atoms with Gasteiger partial charge in [-0.05, 0) is 43.7 Å². The quantitative estimate of drug-likeness (QED) is 0.233. The Bertz CT molecular complexity index is 891. The molecule has 3 N–H and O–H groups in total. The van der Waals surface area contributed by atoms with Crippen LogP contribution in [0.15, 0.2) is 47.5 Å². The molecule has 2 aromatic rings. The first-order valence-electron chi connectivity index (χ1n) is 9.09. The number of guanidine groups is 1. The number of rotatable bonds is 7. The minimum absolute atomic E-state index is 0. The summed E-state index contributed by atoms with van der Waals surface area (Å²) >= 11 is 0. The largest absolute Gasteiger partial charge is 0.494 e. The molecule has 0 heterocycles. The van der Waals surface area contributed by atoms with Gasteiger partial charge < -0.3 is 20.7 Å². The molecule has 154 valence electrons. The second-order valence-corrected chi connectivity index (χ2v) is 6.10. The maximum absolute atomic E-state index is 12.2. The zero-order valence-corrected chi connectivity index (χ0v) is 19.2. The van der Waals surface area contributed by atoms with Gasteiger partial charge in [0.15, 0.2) is 5.96 Å². The molecule has 2 rings (SSSR count). The minimum Gasteiger partial charge on any atom is -0.494 e. The number of nitrogens with one attached hydrogen (secondary N) is 3. The van der Waals surface area contributed by atoms with Crippen molar-refractivity contribution in [3.63, 3.8) is 0 Å². The second-order valence-electron chi connectivity index (χ2n) is 6.10. The summed E-state index contributed by atoms with van der Waals surface area (Å²) in [4.78, 5) is 16.3. The second kappa shape index (κ2) is 12.7. The van der Waals surface area contributed by atoms with Crippen LogP contribution in [0.5, 0.6) is 5.75 Å². The van der Waals surface area contributed by atoms with Gasteiger partial charge in [0.1, 0.15) is 5.75 Å². The van der Waals surface area contributed by atoms with Crippen LogP contribution in [-0.2, 0) is 11.3 Å². The Morgan fingerprint density at radius 2 is 2.00 bits per heavy atom. The number of halogens is 1. The van der Waals surface area contributed by atoms with Crippen LogP contribution in [0, 0.1) is 19.3 Å². The zero-order chi connectivity index (χ0) is 20.4. The van der Waals surface area contributed by atoms with Gasteiger partial charge in [0.05, 0.1) is 13.2 Å². The first kappa shape index (κ1) is 24.3.